The molecule has 0 radical (unpaired) electrons. The Labute approximate surface area is 177 Å². The van der Waals surface area contributed by atoms with Crippen molar-refractivity contribution in [2.45, 2.75) is 39.7 Å². The molecular weight excluding hydrogens is 386 g/mol. The van der Waals surface area contributed by atoms with Crippen LogP contribution in [-0.2, 0) is 14.3 Å². The molecule has 2 aromatic rings. The van der Waals surface area contributed by atoms with Crippen molar-refractivity contribution in [2.24, 2.45) is 0 Å². The number of amides is 1. The molecular formula is C23H29NO6. The van der Waals surface area contributed by atoms with Gasteiger partial charge in [0.15, 0.2) is 24.2 Å². The van der Waals surface area contributed by atoms with Gasteiger partial charge >= 0.3 is 5.97 Å². The summed E-state index contributed by atoms with van der Waals surface area (Å²) in [6.45, 7) is 7.45. The lowest BCUT2D eigenvalue weighted by Gasteiger charge is -2.15. The zero-order chi connectivity index (χ0) is 22.3. The summed E-state index contributed by atoms with van der Waals surface area (Å²) in [7, 11) is 3.03. The molecule has 1 unspecified atom stereocenters. The zero-order valence-electron chi connectivity index (χ0n) is 18.3. The predicted molar refractivity (Wildman–Crippen MR) is 114 cm³/mol. The SMILES string of the molecule is COc1ccc(NC(=O)C(C)OC(=O)COc2ccc(C(C)C)c(C)c2)cc1OC. The standard InChI is InChI=1S/C23H29NO6/c1-14(2)19-9-8-18(11-15(19)3)29-13-22(25)30-16(4)23(26)24-17-7-10-20(27-5)21(12-17)28-6/h7-12,14,16H,13H2,1-6H3,(H,24,26). The number of aryl methyl sites for hydroxylation is 1. The smallest absolute Gasteiger partial charge is 0.344 e. The van der Waals surface area contributed by atoms with Gasteiger partial charge in [-0.2, -0.15) is 0 Å². The number of methoxy groups -OCH3 is 2. The van der Waals surface area contributed by atoms with E-state index in [4.69, 9.17) is 18.9 Å². The zero-order valence-corrected chi connectivity index (χ0v) is 18.3. The van der Waals surface area contributed by atoms with Crippen LogP contribution in [0.4, 0.5) is 5.69 Å². The highest BCUT2D eigenvalue weighted by molar-refractivity contribution is 5.95. The van der Waals surface area contributed by atoms with Crippen LogP contribution in [0, 0.1) is 6.92 Å². The highest BCUT2D eigenvalue weighted by Gasteiger charge is 2.19. The Balaban J connectivity index is 1.88. The first-order chi connectivity index (χ1) is 14.2. The summed E-state index contributed by atoms with van der Waals surface area (Å²) in [5.74, 6) is 0.921. The molecule has 7 nitrogen and oxygen atoms in total. The Hall–Kier alpha value is -3.22. The lowest BCUT2D eigenvalue weighted by Crippen LogP contribution is -2.31. The molecule has 0 aliphatic carbocycles. The molecule has 0 heterocycles. The Kier molecular flexibility index (Phi) is 8.09. The number of anilines is 1. The van der Waals surface area contributed by atoms with Gasteiger partial charge in [-0.15, -0.1) is 0 Å². The number of carbonyl (C=O) groups excluding carboxylic acids is 2. The second kappa shape index (κ2) is 10.5. The van der Waals surface area contributed by atoms with Crippen LogP contribution < -0.4 is 19.5 Å². The number of nitrogens with one attached hydrogen (secondary N) is 1. The lowest BCUT2D eigenvalue weighted by molar-refractivity contribution is -0.155. The largest absolute Gasteiger partial charge is 0.493 e. The fraction of sp³-hybridized carbons (Fsp3) is 0.391. The van der Waals surface area contributed by atoms with E-state index >= 15 is 0 Å². The maximum Gasteiger partial charge on any atom is 0.344 e. The fourth-order valence-corrected chi connectivity index (χ4v) is 2.97. The molecule has 30 heavy (non-hydrogen) atoms. The Morgan fingerprint density at radius 3 is 2.27 bits per heavy atom. The first-order valence-electron chi connectivity index (χ1n) is 9.70. The van der Waals surface area contributed by atoms with Crippen molar-refractivity contribution in [3.05, 3.63) is 47.5 Å². The summed E-state index contributed by atoms with van der Waals surface area (Å²) >= 11 is 0. The predicted octanol–water partition coefficient (Wildman–Crippen LogP) is 4.08. The molecule has 0 aliphatic rings. The van der Waals surface area contributed by atoms with E-state index in [2.05, 4.69) is 19.2 Å². The van der Waals surface area contributed by atoms with E-state index in [9.17, 15) is 9.59 Å². The Morgan fingerprint density at radius 2 is 1.67 bits per heavy atom. The summed E-state index contributed by atoms with van der Waals surface area (Å²) in [6.07, 6.45) is -0.987. The summed E-state index contributed by atoms with van der Waals surface area (Å²) in [4.78, 5) is 24.4. The van der Waals surface area contributed by atoms with Gasteiger partial charge in [0.25, 0.3) is 5.91 Å². The van der Waals surface area contributed by atoms with Crippen LogP contribution in [0.15, 0.2) is 36.4 Å². The minimum atomic E-state index is -0.987. The van der Waals surface area contributed by atoms with Crippen molar-refractivity contribution in [1.82, 2.24) is 0 Å². The topological polar surface area (TPSA) is 83.1 Å². The van der Waals surface area contributed by atoms with E-state index in [0.29, 0.717) is 28.9 Å². The molecule has 7 heteroatoms. The molecule has 0 aliphatic heterocycles. The van der Waals surface area contributed by atoms with E-state index in [1.807, 2.05) is 25.1 Å². The number of esters is 1. The maximum absolute atomic E-state index is 12.3. The molecule has 0 aromatic heterocycles. The van der Waals surface area contributed by atoms with Crippen LogP contribution in [0.3, 0.4) is 0 Å². The monoisotopic (exact) mass is 415 g/mol. The van der Waals surface area contributed by atoms with Gasteiger partial charge in [-0.1, -0.05) is 19.9 Å². The third-order valence-electron chi connectivity index (χ3n) is 4.55. The van der Waals surface area contributed by atoms with E-state index in [-0.39, 0.29) is 6.61 Å². The number of benzene rings is 2. The molecule has 1 amide bonds. The Bertz CT molecular complexity index is 893. The third kappa shape index (κ3) is 6.14. The molecule has 0 fully saturated rings. The highest BCUT2D eigenvalue weighted by atomic mass is 16.6. The number of rotatable bonds is 9. The van der Waals surface area contributed by atoms with Gasteiger partial charge < -0.3 is 24.3 Å². The van der Waals surface area contributed by atoms with Crippen molar-refractivity contribution in [3.63, 3.8) is 0 Å². The van der Waals surface area contributed by atoms with E-state index in [0.717, 1.165) is 5.56 Å². The van der Waals surface area contributed by atoms with Crippen LogP contribution in [-0.4, -0.2) is 38.8 Å². The van der Waals surface area contributed by atoms with Gasteiger partial charge in [0.1, 0.15) is 5.75 Å². The van der Waals surface area contributed by atoms with Crippen LogP contribution in [0.5, 0.6) is 17.2 Å². The van der Waals surface area contributed by atoms with Gasteiger partial charge in [-0.05, 0) is 55.2 Å². The first-order valence-corrected chi connectivity index (χ1v) is 9.70. The van der Waals surface area contributed by atoms with Gasteiger partial charge in [0.05, 0.1) is 14.2 Å². The average Bonchev–Trinajstić information content (AvgIpc) is 2.71. The number of hydrogen-bond donors (Lipinski definition) is 1. The average molecular weight is 415 g/mol. The van der Waals surface area contributed by atoms with Crippen LogP contribution >= 0.6 is 0 Å². The minimum absolute atomic E-state index is 0.283. The fourth-order valence-electron chi connectivity index (χ4n) is 2.97. The number of carbonyl (C=O) groups is 2. The molecule has 2 rings (SSSR count). The van der Waals surface area contributed by atoms with Gasteiger partial charge in [0, 0.05) is 11.8 Å². The highest BCUT2D eigenvalue weighted by Crippen LogP contribution is 2.29. The molecule has 2 aromatic carbocycles. The summed E-state index contributed by atoms with van der Waals surface area (Å²) in [5.41, 5.74) is 2.82. The third-order valence-corrected chi connectivity index (χ3v) is 4.55. The molecule has 0 saturated carbocycles. The summed E-state index contributed by atoms with van der Waals surface area (Å²) in [6, 6.07) is 10.7. The minimum Gasteiger partial charge on any atom is -0.493 e. The molecule has 1 N–H and O–H groups in total. The maximum atomic E-state index is 12.3. The number of ether oxygens (including phenoxy) is 4. The van der Waals surface area contributed by atoms with Crippen molar-refractivity contribution in [2.75, 3.05) is 26.1 Å². The van der Waals surface area contributed by atoms with Gasteiger partial charge in [0.2, 0.25) is 0 Å². The van der Waals surface area contributed by atoms with Crippen molar-refractivity contribution < 1.29 is 28.5 Å². The van der Waals surface area contributed by atoms with Crippen LogP contribution in [0.2, 0.25) is 0 Å². The second-order valence-electron chi connectivity index (χ2n) is 7.15. The van der Waals surface area contributed by atoms with Crippen molar-refractivity contribution in [1.29, 1.82) is 0 Å². The second-order valence-corrected chi connectivity index (χ2v) is 7.15. The van der Waals surface area contributed by atoms with E-state index in [1.165, 1.54) is 26.7 Å². The molecule has 1 atom stereocenters. The van der Waals surface area contributed by atoms with E-state index < -0.39 is 18.0 Å². The lowest BCUT2D eigenvalue weighted by atomic mass is 9.98. The molecule has 162 valence electrons. The Morgan fingerprint density at radius 1 is 0.967 bits per heavy atom. The van der Waals surface area contributed by atoms with E-state index in [1.54, 1.807) is 18.2 Å². The molecule has 0 spiro atoms. The normalized spacial score (nSPS) is 11.6. The van der Waals surface area contributed by atoms with Crippen LogP contribution in [0.1, 0.15) is 37.8 Å². The summed E-state index contributed by atoms with van der Waals surface area (Å²) < 4.78 is 21.0. The molecule has 0 saturated heterocycles. The van der Waals surface area contributed by atoms with Crippen molar-refractivity contribution in [3.8, 4) is 17.2 Å². The summed E-state index contributed by atoms with van der Waals surface area (Å²) in [5, 5.41) is 2.68. The quantitative estimate of drug-likeness (QED) is 0.621. The van der Waals surface area contributed by atoms with Crippen molar-refractivity contribution >= 4 is 17.6 Å². The van der Waals surface area contributed by atoms with Gasteiger partial charge in [-0.25, -0.2) is 4.79 Å². The first kappa shape index (κ1) is 23.1. The molecule has 0 bridgehead atoms. The van der Waals surface area contributed by atoms with Crippen LogP contribution in [0.25, 0.3) is 0 Å². The number of hydrogen-bond acceptors (Lipinski definition) is 6. The van der Waals surface area contributed by atoms with Gasteiger partial charge in [-0.3, -0.25) is 4.79 Å².